The molecular formula is C25H23Cl2N5O2. The van der Waals surface area contributed by atoms with E-state index in [2.05, 4.69) is 25.1 Å². The summed E-state index contributed by atoms with van der Waals surface area (Å²) in [4.78, 5) is 16.7. The number of fused-ring (bicyclic) bond motifs is 1. The highest BCUT2D eigenvalue weighted by Gasteiger charge is 2.16. The lowest BCUT2D eigenvalue weighted by Crippen LogP contribution is -2.12. The van der Waals surface area contributed by atoms with E-state index in [4.69, 9.17) is 27.6 Å². The second-order valence-corrected chi connectivity index (χ2v) is 9.11. The van der Waals surface area contributed by atoms with Crippen LogP contribution in [-0.2, 0) is 24.2 Å². The van der Waals surface area contributed by atoms with E-state index >= 15 is 0 Å². The maximum absolute atomic E-state index is 12.5. The van der Waals surface area contributed by atoms with Gasteiger partial charge in [-0.1, -0.05) is 29.6 Å². The quantitative estimate of drug-likeness (QED) is 0.343. The van der Waals surface area contributed by atoms with Crippen LogP contribution in [-0.4, -0.2) is 25.7 Å². The third kappa shape index (κ3) is 5.00. The molecule has 0 radical (unpaired) electrons. The van der Waals surface area contributed by atoms with Crippen molar-refractivity contribution in [2.24, 2.45) is 0 Å². The predicted octanol–water partition coefficient (Wildman–Crippen LogP) is 6.20. The maximum Gasteiger partial charge on any atom is 0.224 e. The summed E-state index contributed by atoms with van der Waals surface area (Å²) in [5.41, 5.74) is 2.43. The largest absolute Gasteiger partial charge is 0.441 e. The number of hydrogen-bond donors (Lipinski definition) is 1. The summed E-state index contributed by atoms with van der Waals surface area (Å²) in [6.07, 6.45) is 6.72. The first kappa shape index (κ1) is 22.6. The van der Waals surface area contributed by atoms with Crippen LogP contribution in [0.2, 0.25) is 10.0 Å². The Labute approximate surface area is 207 Å². The number of anilines is 1. The standard InChI is InChI=1S/C25H23Cl2N5O2/c26-17-7-10-19(20(27)14-17)21-15-28-24(34-21)12-11-23(33)29-18-8-5-16(6-9-18)25-31-30-22-4-2-1-3-13-32(22)25/h5-10,14-15H,1-4,11-13H2,(H,29,33). The fraction of sp³-hybridized carbons (Fsp3) is 0.280. The number of carbonyl (C=O) groups is 1. The molecule has 0 saturated heterocycles. The summed E-state index contributed by atoms with van der Waals surface area (Å²) < 4.78 is 7.98. The summed E-state index contributed by atoms with van der Waals surface area (Å²) in [5, 5.41) is 12.7. The number of benzene rings is 2. The number of nitrogens with zero attached hydrogens (tertiary/aromatic N) is 4. The molecule has 174 valence electrons. The van der Waals surface area contributed by atoms with Crippen molar-refractivity contribution in [2.75, 3.05) is 5.32 Å². The molecule has 1 aliphatic heterocycles. The van der Waals surface area contributed by atoms with Crippen LogP contribution in [0, 0.1) is 0 Å². The minimum atomic E-state index is -0.117. The van der Waals surface area contributed by atoms with Crippen LogP contribution in [0.4, 0.5) is 5.69 Å². The van der Waals surface area contributed by atoms with Gasteiger partial charge in [-0.25, -0.2) is 4.98 Å². The Kier molecular flexibility index (Phi) is 6.65. The fourth-order valence-corrected chi connectivity index (χ4v) is 4.59. The van der Waals surface area contributed by atoms with Gasteiger partial charge in [0.15, 0.2) is 17.5 Å². The Morgan fingerprint density at radius 1 is 1.06 bits per heavy atom. The van der Waals surface area contributed by atoms with E-state index in [0.29, 0.717) is 33.7 Å². The normalized spacial score (nSPS) is 13.4. The van der Waals surface area contributed by atoms with Crippen LogP contribution >= 0.6 is 23.2 Å². The first-order valence-corrected chi connectivity index (χ1v) is 12.0. The van der Waals surface area contributed by atoms with Crippen LogP contribution in [0.1, 0.15) is 37.4 Å². The van der Waals surface area contributed by atoms with Crippen molar-refractivity contribution in [3.63, 3.8) is 0 Å². The highest BCUT2D eigenvalue weighted by molar-refractivity contribution is 6.36. The zero-order chi connectivity index (χ0) is 23.5. The smallest absolute Gasteiger partial charge is 0.224 e. The first-order valence-electron chi connectivity index (χ1n) is 11.3. The minimum absolute atomic E-state index is 0.117. The van der Waals surface area contributed by atoms with Gasteiger partial charge in [-0.3, -0.25) is 4.79 Å². The molecule has 2 aromatic carbocycles. The molecule has 4 aromatic rings. The highest BCUT2D eigenvalue weighted by Crippen LogP contribution is 2.31. The summed E-state index contributed by atoms with van der Waals surface area (Å²) >= 11 is 12.2. The van der Waals surface area contributed by atoms with E-state index in [1.807, 2.05) is 24.3 Å². The van der Waals surface area contributed by atoms with Gasteiger partial charge in [0.25, 0.3) is 0 Å². The molecule has 9 heteroatoms. The highest BCUT2D eigenvalue weighted by atomic mass is 35.5. The number of rotatable bonds is 6. The number of amides is 1. The lowest BCUT2D eigenvalue weighted by atomic mass is 10.2. The Morgan fingerprint density at radius 3 is 2.74 bits per heavy atom. The number of aromatic nitrogens is 4. The average molecular weight is 496 g/mol. The lowest BCUT2D eigenvalue weighted by Gasteiger charge is -2.08. The van der Waals surface area contributed by atoms with E-state index in [1.54, 1.807) is 24.4 Å². The van der Waals surface area contributed by atoms with Crippen molar-refractivity contribution in [1.29, 1.82) is 0 Å². The average Bonchev–Trinajstić information content (AvgIpc) is 3.39. The molecule has 0 fully saturated rings. The van der Waals surface area contributed by atoms with E-state index in [1.165, 1.54) is 6.42 Å². The maximum atomic E-state index is 12.5. The zero-order valence-electron chi connectivity index (χ0n) is 18.4. The topological polar surface area (TPSA) is 85.8 Å². The molecule has 2 aromatic heterocycles. The van der Waals surface area contributed by atoms with Gasteiger partial charge >= 0.3 is 0 Å². The molecule has 7 nitrogen and oxygen atoms in total. The van der Waals surface area contributed by atoms with Crippen LogP contribution in [0.25, 0.3) is 22.7 Å². The fourth-order valence-electron chi connectivity index (χ4n) is 4.08. The van der Waals surface area contributed by atoms with Crippen LogP contribution in [0.3, 0.4) is 0 Å². The molecule has 0 bridgehead atoms. The Hall–Kier alpha value is -3.16. The van der Waals surface area contributed by atoms with E-state index in [9.17, 15) is 4.79 Å². The molecule has 0 aliphatic carbocycles. The molecule has 0 unspecified atom stereocenters. The number of carbonyl (C=O) groups excluding carboxylic acids is 1. The Bertz CT molecular complexity index is 1310. The minimum Gasteiger partial charge on any atom is -0.441 e. The molecule has 1 N–H and O–H groups in total. The number of hydrogen-bond acceptors (Lipinski definition) is 5. The van der Waals surface area contributed by atoms with E-state index in [-0.39, 0.29) is 12.3 Å². The molecule has 0 atom stereocenters. The van der Waals surface area contributed by atoms with Gasteiger partial charge in [-0.2, -0.15) is 0 Å². The molecule has 0 spiro atoms. The third-order valence-corrected chi connectivity index (χ3v) is 6.40. The number of oxazole rings is 1. The predicted molar refractivity (Wildman–Crippen MR) is 132 cm³/mol. The van der Waals surface area contributed by atoms with Gasteiger partial charge in [0.2, 0.25) is 5.91 Å². The van der Waals surface area contributed by atoms with Gasteiger partial charge in [-0.05, 0) is 55.3 Å². The number of nitrogens with one attached hydrogen (secondary N) is 1. The molecule has 0 saturated carbocycles. The molecular weight excluding hydrogens is 473 g/mol. The monoisotopic (exact) mass is 495 g/mol. The van der Waals surface area contributed by atoms with E-state index in [0.717, 1.165) is 48.7 Å². The first-order chi connectivity index (χ1) is 16.6. The number of aryl methyl sites for hydroxylation is 2. The van der Waals surface area contributed by atoms with Crippen molar-refractivity contribution < 1.29 is 9.21 Å². The SMILES string of the molecule is O=C(CCc1ncc(-c2ccc(Cl)cc2Cl)o1)Nc1ccc(-c2nnc3n2CCCCC3)cc1. The van der Waals surface area contributed by atoms with E-state index < -0.39 is 0 Å². The van der Waals surface area contributed by atoms with Crippen LogP contribution in [0.15, 0.2) is 53.1 Å². The van der Waals surface area contributed by atoms with Crippen molar-refractivity contribution in [2.45, 2.75) is 45.1 Å². The molecule has 3 heterocycles. The van der Waals surface area contributed by atoms with Gasteiger partial charge in [0.05, 0.1) is 11.2 Å². The molecule has 1 aliphatic rings. The van der Waals surface area contributed by atoms with Crippen molar-refractivity contribution in [3.8, 4) is 22.7 Å². The molecule has 1 amide bonds. The van der Waals surface area contributed by atoms with Crippen molar-refractivity contribution in [3.05, 3.63) is 70.4 Å². The Balaban J connectivity index is 1.18. The molecule has 34 heavy (non-hydrogen) atoms. The second kappa shape index (κ2) is 9.99. The summed E-state index contributed by atoms with van der Waals surface area (Å²) in [5.74, 6) is 2.83. The molecule has 5 rings (SSSR count). The lowest BCUT2D eigenvalue weighted by molar-refractivity contribution is -0.116. The van der Waals surface area contributed by atoms with Crippen LogP contribution < -0.4 is 5.32 Å². The van der Waals surface area contributed by atoms with Crippen molar-refractivity contribution in [1.82, 2.24) is 19.7 Å². The summed E-state index contributed by atoms with van der Waals surface area (Å²) in [6, 6.07) is 12.9. The van der Waals surface area contributed by atoms with Gasteiger partial charge in [0.1, 0.15) is 5.82 Å². The van der Waals surface area contributed by atoms with Gasteiger partial charge in [0, 0.05) is 47.6 Å². The van der Waals surface area contributed by atoms with Gasteiger partial charge < -0.3 is 14.3 Å². The third-order valence-electron chi connectivity index (χ3n) is 5.85. The summed E-state index contributed by atoms with van der Waals surface area (Å²) in [6.45, 7) is 0.947. The number of halogens is 2. The zero-order valence-corrected chi connectivity index (χ0v) is 19.9. The van der Waals surface area contributed by atoms with Crippen molar-refractivity contribution >= 4 is 34.8 Å². The summed E-state index contributed by atoms with van der Waals surface area (Å²) in [7, 11) is 0. The van der Waals surface area contributed by atoms with Crippen LogP contribution in [0.5, 0.6) is 0 Å². The second-order valence-electron chi connectivity index (χ2n) is 8.27. The van der Waals surface area contributed by atoms with Gasteiger partial charge in [-0.15, -0.1) is 10.2 Å². The Morgan fingerprint density at radius 2 is 1.91 bits per heavy atom.